The molecule has 0 aromatic rings. The smallest absolute Gasteiger partial charge is 0.195 e. The maximum atomic E-state index is 9.79. The third kappa shape index (κ3) is 5.30. The molecule has 0 saturated carbocycles. The summed E-state index contributed by atoms with van der Waals surface area (Å²) < 4.78 is 0. The molecule has 0 aromatic heterocycles. The lowest BCUT2D eigenvalue weighted by atomic mass is 10.3. The van der Waals surface area contributed by atoms with Crippen molar-refractivity contribution in [1.82, 2.24) is 6.15 Å². The molecule has 0 spiro atoms. The number of ketones is 2. The fourth-order valence-electron chi connectivity index (χ4n) is 0. The summed E-state index contributed by atoms with van der Waals surface area (Å²) in [5.41, 5.74) is 0. The van der Waals surface area contributed by atoms with Crippen molar-refractivity contribution in [3.63, 3.8) is 0 Å². The molecular formula is C4H9NO2. The van der Waals surface area contributed by atoms with Crippen molar-refractivity contribution in [3.05, 3.63) is 0 Å². The van der Waals surface area contributed by atoms with Gasteiger partial charge in [-0.25, -0.2) is 0 Å². The molecule has 0 aliphatic rings. The summed E-state index contributed by atoms with van der Waals surface area (Å²) in [4.78, 5) is 19.6. The molecule has 0 rings (SSSR count). The molecule has 0 aliphatic carbocycles. The van der Waals surface area contributed by atoms with Gasteiger partial charge in [0.1, 0.15) is 0 Å². The second-order valence-corrected chi connectivity index (χ2v) is 1.11. The van der Waals surface area contributed by atoms with Crippen LogP contribution >= 0.6 is 0 Å². The first-order valence-electron chi connectivity index (χ1n) is 1.66. The van der Waals surface area contributed by atoms with E-state index in [1.54, 1.807) is 0 Å². The molecule has 3 heteroatoms. The van der Waals surface area contributed by atoms with Crippen molar-refractivity contribution in [2.45, 2.75) is 13.8 Å². The van der Waals surface area contributed by atoms with Crippen LogP contribution in [0, 0.1) is 0 Å². The van der Waals surface area contributed by atoms with Crippen molar-refractivity contribution >= 4 is 11.6 Å². The molecule has 0 radical (unpaired) electrons. The number of rotatable bonds is 1. The maximum Gasteiger partial charge on any atom is 0.195 e. The highest BCUT2D eigenvalue weighted by atomic mass is 16.2. The van der Waals surface area contributed by atoms with Crippen LogP contribution in [0.3, 0.4) is 0 Å². The van der Waals surface area contributed by atoms with E-state index < -0.39 is 0 Å². The van der Waals surface area contributed by atoms with E-state index in [0.717, 1.165) is 0 Å². The molecule has 0 fully saturated rings. The Morgan fingerprint density at radius 2 is 1.14 bits per heavy atom. The van der Waals surface area contributed by atoms with Gasteiger partial charge in [0.25, 0.3) is 0 Å². The van der Waals surface area contributed by atoms with Gasteiger partial charge >= 0.3 is 0 Å². The lowest BCUT2D eigenvalue weighted by Gasteiger charge is -1.73. The summed E-state index contributed by atoms with van der Waals surface area (Å²) in [6, 6.07) is 0. The van der Waals surface area contributed by atoms with Crippen LogP contribution in [-0.4, -0.2) is 11.6 Å². The number of Topliss-reactive ketones (excluding diaryl/α,β-unsaturated/α-hetero) is 2. The summed E-state index contributed by atoms with van der Waals surface area (Å²) in [6.45, 7) is 2.50. The van der Waals surface area contributed by atoms with Crippen molar-refractivity contribution in [2.75, 3.05) is 0 Å². The highest BCUT2D eigenvalue weighted by Crippen LogP contribution is 1.66. The summed E-state index contributed by atoms with van der Waals surface area (Å²) >= 11 is 0. The largest absolute Gasteiger partial charge is 0.344 e. The molecule has 0 unspecified atom stereocenters. The van der Waals surface area contributed by atoms with Crippen LogP contribution in [0.1, 0.15) is 13.8 Å². The summed E-state index contributed by atoms with van der Waals surface area (Å²) in [5.74, 6) is -0.759. The average molecular weight is 103 g/mol. The predicted octanol–water partition coefficient (Wildman–Crippen LogP) is 0.326. The van der Waals surface area contributed by atoms with E-state index in [2.05, 4.69) is 0 Å². The van der Waals surface area contributed by atoms with Gasteiger partial charge in [0.05, 0.1) is 0 Å². The SMILES string of the molecule is CC(=O)C(C)=O.N. The topological polar surface area (TPSA) is 69.1 Å². The molecule has 0 aromatic carbocycles. The fourth-order valence-corrected chi connectivity index (χ4v) is 0. The Kier molecular flexibility index (Phi) is 4.77. The van der Waals surface area contributed by atoms with Gasteiger partial charge in [0, 0.05) is 13.8 Å². The van der Waals surface area contributed by atoms with Crippen LogP contribution in [0.4, 0.5) is 0 Å². The van der Waals surface area contributed by atoms with Gasteiger partial charge < -0.3 is 6.15 Å². The first-order valence-corrected chi connectivity index (χ1v) is 1.66. The van der Waals surface area contributed by atoms with Gasteiger partial charge in [-0.05, 0) is 0 Å². The monoisotopic (exact) mass is 103 g/mol. The van der Waals surface area contributed by atoms with E-state index in [0.29, 0.717) is 0 Å². The zero-order valence-electron chi connectivity index (χ0n) is 4.52. The molecule has 0 saturated heterocycles. The van der Waals surface area contributed by atoms with E-state index in [4.69, 9.17) is 0 Å². The summed E-state index contributed by atoms with van der Waals surface area (Å²) in [5, 5.41) is 0. The van der Waals surface area contributed by atoms with Crippen molar-refractivity contribution in [1.29, 1.82) is 0 Å². The van der Waals surface area contributed by atoms with Crippen LogP contribution in [0.15, 0.2) is 0 Å². The third-order valence-corrected chi connectivity index (χ3v) is 0.496. The molecule has 0 amide bonds. The summed E-state index contributed by atoms with van der Waals surface area (Å²) in [6.07, 6.45) is 0. The predicted molar refractivity (Wildman–Crippen MR) is 26.4 cm³/mol. The molecule has 0 bridgehead atoms. The van der Waals surface area contributed by atoms with Crippen LogP contribution < -0.4 is 6.15 Å². The molecule has 0 atom stereocenters. The lowest BCUT2D eigenvalue weighted by Crippen LogP contribution is -2.01. The molecule has 3 nitrogen and oxygen atoms in total. The van der Waals surface area contributed by atoms with E-state index >= 15 is 0 Å². The highest BCUT2D eigenvalue weighted by Gasteiger charge is 1.94. The van der Waals surface area contributed by atoms with E-state index in [1.807, 2.05) is 0 Å². The zero-order chi connectivity index (χ0) is 5.15. The Labute approximate surface area is 42.3 Å². The standard InChI is InChI=1S/C4H6O2.H3N/c1-3(5)4(2)6;/h1-2H3;1H3. The minimum absolute atomic E-state index is 0. The van der Waals surface area contributed by atoms with Crippen LogP contribution in [0.2, 0.25) is 0 Å². The third-order valence-electron chi connectivity index (χ3n) is 0.496. The number of carbonyl (C=O) groups excluding carboxylic acids is 2. The Hall–Kier alpha value is -0.700. The molecule has 42 valence electrons. The molecule has 3 N–H and O–H groups in total. The Bertz CT molecular complexity index is 75.7. The fraction of sp³-hybridized carbons (Fsp3) is 0.500. The first-order chi connectivity index (χ1) is 2.64. The quantitative estimate of drug-likeness (QED) is 0.486. The van der Waals surface area contributed by atoms with Gasteiger partial charge in [-0.1, -0.05) is 0 Å². The molecule has 0 aliphatic heterocycles. The normalized spacial score (nSPS) is 6.57. The zero-order valence-corrected chi connectivity index (χ0v) is 4.52. The van der Waals surface area contributed by atoms with Crippen LogP contribution in [0.25, 0.3) is 0 Å². The minimum Gasteiger partial charge on any atom is -0.344 e. The number of hydrogen-bond donors (Lipinski definition) is 1. The van der Waals surface area contributed by atoms with E-state index in [9.17, 15) is 9.59 Å². The van der Waals surface area contributed by atoms with Crippen LogP contribution in [0.5, 0.6) is 0 Å². The Balaban J connectivity index is 0. The van der Waals surface area contributed by atoms with Gasteiger partial charge in [-0.2, -0.15) is 0 Å². The average Bonchev–Trinajstić information content (AvgIpc) is 1.36. The van der Waals surface area contributed by atoms with Crippen molar-refractivity contribution < 1.29 is 9.59 Å². The van der Waals surface area contributed by atoms with E-state index in [-0.39, 0.29) is 17.7 Å². The van der Waals surface area contributed by atoms with Gasteiger partial charge in [-0.3, -0.25) is 9.59 Å². The Morgan fingerprint density at radius 3 is 1.14 bits per heavy atom. The van der Waals surface area contributed by atoms with Gasteiger partial charge in [0.2, 0.25) is 0 Å². The highest BCUT2D eigenvalue weighted by molar-refractivity contribution is 6.35. The summed E-state index contributed by atoms with van der Waals surface area (Å²) in [7, 11) is 0. The van der Waals surface area contributed by atoms with Crippen LogP contribution in [-0.2, 0) is 9.59 Å². The minimum atomic E-state index is -0.380. The van der Waals surface area contributed by atoms with Gasteiger partial charge in [0.15, 0.2) is 11.6 Å². The molecular weight excluding hydrogens is 94.0 g/mol. The second-order valence-electron chi connectivity index (χ2n) is 1.11. The Morgan fingerprint density at radius 1 is 1.00 bits per heavy atom. The number of hydrogen-bond acceptors (Lipinski definition) is 3. The van der Waals surface area contributed by atoms with E-state index in [1.165, 1.54) is 13.8 Å². The molecule has 0 heterocycles. The number of carbonyl (C=O) groups is 2. The van der Waals surface area contributed by atoms with Gasteiger partial charge in [-0.15, -0.1) is 0 Å². The lowest BCUT2D eigenvalue weighted by molar-refractivity contribution is -0.134. The van der Waals surface area contributed by atoms with Crippen molar-refractivity contribution in [3.8, 4) is 0 Å². The first kappa shape index (κ1) is 9.57. The second kappa shape index (κ2) is 3.49. The maximum absolute atomic E-state index is 9.79. The molecule has 7 heavy (non-hydrogen) atoms. The van der Waals surface area contributed by atoms with Crippen molar-refractivity contribution in [2.24, 2.45) is 0 Å².